The maximum absolute atomic E-state index is 13.0. The van der Waals surface area contributed by atoms with Gasteiger partial charge in [0.2, 0.25) is 0 Å². The summed E-state index contributed by atoms with van der Waals surface area (Å²) in [4.78, 5) is 40.1. The van der Waals surface area contributed by atoms with Crippen LogP contribution in [0.3, 0.4) is 0 Å². The number of carbonyl (C=O) groups is 2. The number of carbonyl (C=O) groups excluding carboxylic acids is 2. The van der Waals surface area contributed by atoms with Crippen molar-refractivity contribution in [3.8, 4) is 0 Å². The molecule has 8 heteroatoms. The number of likely N-dealkylation sites (tertiary alicyclic amines) is 1. The molecule has 1 aliphatic heterocycles. The Bertz CT molecular complexity index is 1010. The minimum Gasteiger partial charge on any atom is -0.507 e. The summed E-state index contributed by atoms with van der Waals surface area (Å²) in [5.41, 5.74) is 0.879. The van der Waals surface area contributed by atoms with Gasteiger partial charge in [-0.3, -0.25) is 19.7 Å². The molecule has 1 aliphatic rings. The monoisotopic (exact) mass is 437 g/mol. The number of hydrogen-bond acceptors (Lipinski definition) is 6. The van der Waals surface area contributed by atoms with Crippen LogP contribution < -0.4 is 0 Å². The Balaban J connectivity index is 2.02. The van der Waals surface area contributed by atoms with E-state index in [-0.39, 0.29) is 17.0 Å². The fourth-order valence-corrected chi connectivity index (χ4v) is 3.99. The van der Waals surface area contributed by atoms with Crippen LogP contribution in [0.1, 0.15) is 37.4 Å². The van der Waals surface area contributed by atoms with Crippen molar-refractivity contribution in [3.63, 3.8) is 0 Å². The van der Waals surface area contributed by atoms with Gasteiger partial charge in [-0.25, -0.2) is 0 Å². The first-order valence-corrected chi connectivity index (χ1v) is 10.7. The average Bonchev–Trinajstić information content (AvgIpc) is 3.07. The van der Waals surface area contributed by atoms with Crippen molar-refractivity contribution >= 4 is 23.1 Å². The van der Waals surface area contributed by atoms with Crippen LogP contribution in [-0.4, -0.2) is 57.7 Å². The number of hydrogen-bond donors (Lipinski definition) is 1. The summed E-state index contributed by atoms with van der Waals surface area (Å²) in [6, 6.07) is 13.5. The Morgan fingerprint density at radius 1 is 1.06 bits per heavy atom. The number of rotatable bonds is 9. The topological polar surface area (TPSA) is 104 Å². The number of aliphatic hydroxyl groups is 1. The highest BCUT2D eigenvalue weighted by molar-refractivity contribution is 6.46. The predicted molar refractivity (Wildman–Crippen MR) is 121 cm³/mol. The predicted octanol–water partition coefficient (Wildman–Crippen LogP) is 3.75. The van der Waals surface area contributed by atoms with Crippen molar-refractivity contribution < 1.29 is 19.6 Å². The number of benzene rings is 2. The second kappa shape index (κ2) is 10.2. The van der Waals surface area contributed by atoms with Gasteiger partial charge in [-0.1, -0.05) is 44.2 Å². The van der Waals surface area contributed by atoms with E-state index in [1.165, 1.54) is 29.2 Å². The number of nitro groups is 1. The molecule has 32 heavy (non-hydrogen) atoms. The van der Waals surface area contributed by atoms with Crippen molar-refractivity contribution in [2.45, 2.75) is 26.3 Å². The Morgan fingerprint density at radius 2 is 1.69 bits per heavy atom. The molecule has 0 saturated carbocycles. The molecule has 1 saturated heterocycles. The zero-order valence-corrected chi connectivity index (χ0v) is 18.2. The number of nitrogens with zero attached hydrogens (tertiary/aromatic N) is 3. The Morgan fingerprint density at radius 3 is 2.25 bits per heavy atom. The molecule has 0 bridgehead atoms. The van der Waals surface area contributed by atoms with Crippen LogP contribution in [-0.2, 0) is 9.59 Å². The third kappa shape index (κ3) is 4.70. The Hall–Kier alpha value is -3.52. The first-order chi connectivity index (χ1) is 15.4. The van der Waals surface area contributed by atoms with Gasteiger partial charge >= 0.3 is 0 Å². The average molecular weight is 437 g/mol. The summed E-state index contributed by atoms with van der Waals surface area (Å²) in [6.07, 6.45) is 0.656. The molecule has 1 N–H and O–H groups in total. The highest BCUT2D eigenvalue weighted by Crippen LogP contribution is 2.39. The van der Waals surface area contributed by atoms with Gasteiger partial charge in [0.25, 0.3) is 17.4 Å². The lowest BCUT2D eigenvalue weighted by atomic mass is 9.95. The van der Waals surface area contributed by atoms with Crippen LogP contribution in [0.25, 0.3) is 5.76 Å². The number of aliphatic hydroxyl groups excluding tert-OH is 1. The Labute approximate surface area is 186 Å². The first-order valence-electron chi connectivity index (χ1n) is 10.7. The third-order valence-electron chi connectivity index (χ3n) is 5.77. The lowest BCUT2D eigenvalue weighted by Crippen LogP contribution is -2.33. The van der Waals surface area contributed by atoms with Gasteiger partial charge in [-0.2, -0.15) is 0 Å². The van der Waals surface area contributed by atoms with E-state index in [0.29, 0.717) is 24.1 Å². The van der Waals surface area contributed by atoms with Gasteiger partial charge in [0, 0.05) is 24.2 Å². The lowest BCUT2D eigenvalue weighted by Gasteiger charge is -2.26. The molecule has 0 unspecified atom stereocenters. The van der Waals surface area contributed by atoms with Gasteiger partial charge in [0.05, 0.1) is 16.5 Å². The number of ketones is 1. The molecule has 0 radical (unpaired) electrons. The number of nitro benzene ring substituents is 1. The zero-order valence-electron chi connectivity index (χ0n) is 18.2. The molecule has 168 valence electrons. The van der Waals surface area contributed by atoms with Crippen LogP contribution in [0.5, 0.6) is 0 Å². The maximum Gasteiger partial charge on any atom is 0.295 e. The molecular formula is C24H27N3O5. The highest BCUT2D eigenvalue weighted by atomic mass is 16.6. The van der Waals surface area contributed by atoms with Crippen LogP contribution in [0.2, 0.25) is 0 Å². The fraction of sp³-hybridized carbons (Fsp3) is 0.333. The van der Waals surface area contributed by atoms with E-state index >= 15 is 0 Å². The fourth-order valence-electron chi connectivity index (χ4n) is 3.99. The summed E-state index contributed by atoms with van der Waals surface area (Å²) < 4.78 is 0. The molecule has 8 nitrogen and oxygen atoms in total. The molecule has 1 heterocycles. The molecule has 1 atom stereocenters. The van der Waals surface area contributed by atoms with Gasteiger partial charge in [-0.05, 0) is 43.8 Å². The molecule has 1 amide bonds. The first kappa shape index (κ1) is 23.1. The van der Waals surface area contributed by atoms with E-state index < -0.39 is 22.7 Å². The van der Waals surface area contributed by atoms with Crippen molar-refractivity contribution in [1.82, 2.24) is 9.80 Å². The van der Waals surface area contributed by atoms with E-state index in [1.54, 1.807) is 30.3 Å². The van der Waals surface area contributed by atoms with Crippen LogP contribution in [0.4, 0.5) is 5.69 Å². The summed E-state index contributed by atoms with van der Waals surface area (Å²) in [6.45, 7) is 6.99. The zero-order chi connectivity index (χ0) is 23.3. The Kier molecular flexibility index (Phi) is 7.37. The van der Waals surface area contributed by atoms with Crippen molar-refractivity contribution in [2.75, 3.05) is 26.2 Å². The molecule has 1 fully saturated rings. The summed E-state index contributed by atoms with van der Waals surface area (Å²) in [7, 11) is 0. The summed E-state index contributed by atoms with van der Waals surface area (Å²) in [5.74, 6) is -1.68. The standard InChI is InChI=1S/C24H27N3O5/c1-3-25(4-2)15-8-16-26-21(17-11-13-19(14-12-17)27(31)32)20(23(29)24(26)30)22(28)18-9-6-5-7-10-18/h5-7,9-14,21,28H,3-4,8,15-16H2,1-2H3/b22-20+/t21-/m1/s1. The SMILES string of the molecule is CCN(CC)CCCN1C(=O)C(=O)/C(=C(/O)c2ccccc2)[C@H]1c1ccc([N+](=O)[O-])cc1. The van der Waals surface area contributed by atoms with E-state index in [2.05, 4.69) is 18.7 Å². The maximum atomic E-state index is 13.0. The number of amides is 1. The van der Waals surface area contributed by atoms with Crippen molar-refractivity contribution in [3.05, 3.63) is 81.4 Å². The summed E-state index contributed by atoms with van der Waals surface area (Å²) >= 11 is 0. The van der Waals surface area contributed by atoms with E-state index in [1.807, 2.05) is 0 Å². The molecular weight excluding hydrogens is 410 g/mol. The van der Waals surface area contributed by atoms with Crippen LogP contribution in [0.15, 0.2) is 60.2 Å². The largest absolute Gasteiger partial charge is 0.507 e. The smallest absolute Gasteiger partial charge is 0.295 e. The summed E-state index contributed by atoms with van der Waals surface area (Å²) in [5, 5.41) is 22.0. The lowest BCUT2D eigenvalue weighted by molar-refractivity contribution is -0.384. The molecule has 2 aromatic rings. The minimum absolute atomic E-state index is 0.00195. The van der Waals surface area contributed by atoms with Crippen LogP contribution in [0, 0.1) is 10.1 Å². The number of non-ortho nitro benzene ring substituents is 1. The van der Waals surface area contributed by atoms with Crippen molar-refractivity contribution in [2.24, 2.45) is 0 Å². The molecule has 2 aromatic carbocycles. The highest BCUT2D eigenvalue weighted by Gasteiger charge is 2.45. The second-order valence-electron chi connectivity index (χ2n) is 7.59. The van der Waals surface area contributed by atoms with Gasteiger partial charge < -0.3 is 14.9 Å². The second-order valence-corrected chi connectivity index (χ2v) is 7.59. The molecule has 0 aromatic heterocycles. The van der Waals surface area contributed by atoms with Gasteiger partial charge in [0.15, 0.2) is 0 Å². The normalized spacial score (nSPS) is 17.8. The molecule has 0 spiro atoms. The van der Waals surface area contributed by atoms with E-state index in [9.17, 15) is 24.8 Å². The van der Waals surface area contributed by atoms with Gasteiger partial charge in [-0.15, -0.1) is 0 Å². The van der Waals surface area contributed by atoms with E-state index in [4.69, 9.17) is 0 Å². The van der Waals surface area contributed by atoms with E-state index in [0.717, 1.165) is 19.6 Å². The minimum atomic E-state index is -0.812. The van der Waals surface area contributed by atoms with Crippen molar-refractivity contribution in [1.29, 1.82) is 0 Å². The molecule has 3 rings (SSSR count). The van der Waals surface area contributed by atoms with Gasteiger partial charge in [0.1, 0.15) is 5.76 Å². The van der Waals surface area contributed by atoms with Crippen LogP contribution >= 0.6 is 0 Å². The quantitative estimate of drug-likeness (QED) is 0.211. The molecule has 0 aliphatic carbocycles. The third-order valence-corrected chi connectivity index (χ3v) is 5.77. The number of Topliss-reactive ketones (excluding diaryl/α,β-unsaturated/α-hetero) is 1.